The van der Waals surface area contributed by atoms with Gasteiger partial charge in [0.25, 0.3) is 0 Å². The van der Waals surface area contributed by atoms with Crippen molar-refractivity contribution in [3.05, 3.63) is 10.6 Å². The lowest BCUT2D eigenvalue weighted by Crippen LogP contribution is -2.31. The third kappa shape index (κ3) is 2.72. The molecule has 2 rings (SSSR count). The Kier molecular flexibility index (Phi) is 4.35. The van der Waals surface area contributed by atoms with E-state index in [1.165, 1.54) is 17.8 Å². The Balaban J connectivity index is 2.12. The third-order valence-corrected chi connectivity index (χ3v) is 4.56. The van der Waals surface area contributed by atoms with Crippen molar-refractivity contribution in [2.24, 2.45) is 0 Å². The summed E-state index contributed by atoms with van der Waals surface area (Å²) >= 11 is 1.54. The summed E-state index contributed by atoms with van der Waals surface area (Å²) < 4.78 is 0. The van der Waals surface area contributed by atoms with Crippen LogP contribution in [0, 0.1) is 0 Å². The van der Waals surface area contributed by atoms with Gasteiger partial charge in [-0.1, -0.05) is 24.7 Å². The van der Waals surface area contributed by atoms with Gasteiger partial charge in [-0.3, -0.25) is 4.79 Å². The van der Waals surface area contributed by atoms with Crippen LogP contribution in [-0.4, -0.2) is 49.4 Å². The molecule has 0 amide bonds. The van der Waals surface area contributed by atoms with E-state index in [1.807, 2.05) is 0 Å². The van der Waals surface area contributed by atoms with Gasteiger partial charge in [0.15, 0.2) is 11.4 Å². The average Bonchev–Trinajstić information content (AvgIpc) is 2.94. The summed E-state index contributed by atoms with van der Waals surface area (Å²) in [6.07, 6.45) is 4.05. The van der Waals surface area contributed by atoms with E-state index in [1.54, 1.807) is 0 Å². The van der Waals surface area contributed by atoms with Gasteiger partial charge in [0.2, 0.25) is 0 Å². The molecular formula is C13H21N3OS. The van der Waals surface area contributed by atoms with Gasteiger partial charge in [-0.15, -0.1) is 0 Å². The Labute approximate surface area is 113 Å². The highest BCUT2D eigenvalue weighted by atomic mass is 32.1. The van der Waals surface area contributed by atoms with Gasteiger partial charge >= 0.3 is 0 Å². The number of anilines is 1. The summed E-state index contributed by atoms with van der Waals surface area (Å²) in [5, 5.41) is 1.02. The molecule has 0 radical (unpaired) electrons. The largest absolute Gasteiger partial charge is 0.346 e. The maximum Gasteiger partial charge on any atom is 0.186 e. The van der Waals surface area contributed by atoms with E-state index in [0.29, 0.717) is 6.04 Å². The van der Waals surface area contributed by atoms with Crippen LogP contribution in [0.15, 0.2) is 0 Å². The molecule has 1 saturated heterocycles. The van der Waals surface area contributed by atoms with Gasteiger partial charge in [0, 0.05) is 19.1 Å². The number of likely N-dealkylation sites (N-methyl/N-ethyl adjacent to an activating group) is 1. The highest BCUT2D eigenvalue weighted by Gasteiger charge is 2.26. The Bertz CT molecular complexity index is 416. The predicted octanol–water partition coefficient (Wildman–Crippen LogP) is 2.05. The third-order valence-electron chi connectivity index (χ3n) is 3.47. The van der Waals surface area contributed by atoms with Crippen molar-refractivity contribution in [3.63, 3.8) is 0 Å². The molecule has 2 heterocycles. The Morgan fingerprint density at radius 3 is 2.89 bits per heavy atom. The van der Waals surface area contributed by atoms with Gasteiger partial charge < -0.3 is 9.80 Å². The molecule has 1 unspecified atom stereocenters. The molecule has 0 aliphatic carbocycles. The highest BCUT2D eigenvalue weighted by Crippen LogP contribution is 2.29. The number of carbonyl (C=O) groups is 1. The summed E-state index contributed by atoms with van der Waals surface area (Å²) in [5.41, 5.74) is 0.973. The normalized spacial score (nSPS) is 19.8. The summed E-state index contributed by atoms with van der Waals surface area (Å²) in [4.78, 5) is 21.1. The number of rotatable bonds is 5. The summed E-state index contributed by atoms with van der Waals surface area (Å²) in [5.74, 6) is 0. The average molecular weight is 267 g/mol. The summed E-state index contributed by atoms with van der Waals surface area (Å²) in [6, 6.07) is 0.600. The molecule has 0 bridgehead atoms. The number of aromatic nitrogens is 1. The number of nitrogens with zero attached hydrogens (tertiary/aromatic N) is 3. The van der Waals surface area contributed by atoms with E-state index in [9.17, 15) is 4.79 Å². The SMILES string of the molecule is CCCc1nc(N2CCC(N(C)C)C2)sc1C=O. The van der Waals surface area contributed by atoms with Crippen LogP contribution in [0.1, 0.15) is 35.1 Å². The van der Waals surface area contributed by atoms with Crippen LogP contribution in [0.3, 0.4) is 0 Å². The van der Waals surface area contributed by atoms with Gasteiger partial charge in [0.1, 0.15) is 0 Å². The standard InChI is InChI=1S/C13H21N3OS/c1-4-5-11-12(9-17)18-13(14-11)16-7-6-10(8-16)15(2)3/h9-10H,4-8H2,1-3H3. The van der Waals surface area contributed by atoms with Crippen LogP contribution < -0.4 is 4.90 Å². The van der Waals surface area contributed by atoms with Gasteiger partial charge in [-0.2, -0.15) is 0 Å². The van der Waals surface area contributed by atoms with Crippen molar-refractivity contribution in [1.29, 1.82) is 0 Å². The maximum absolute atomic E-state index is 11.0. The zero-order chi connectivity index (χ0) is 13.1. The monoisotopic (exact) mass is 267 g/mol. The fourth-order valence-electron chi connectivity index (χ4n) is 2.33. The minimum atomic E-state index is 0.600. The van der Waals surface area contributed by atoms with E-state index < -0.39 is 0 Å². The van der Waals surface area contributed by atoms with E-state index in [4.69, 9.17) is 0 Å². The van der Waals surface area contributed by atoms with Crippen molar-refractivity contribution < 1.29 is 4.79 Å². The second-order valence-corrected chi connectivity index (χ2v) is 6.04. The smallest absolute Gasteiger partial charge is 0.186 e. The quantitative estimate of drug-likeness (QED) is 0.765. The van der Waals surface area contributed by atoms with Crippen LogP contribution in [-0.2, 0) is 6.42 Å². The number of hydrogen-bond donors (Lipinski definition) is 0. The molecule has 5 heteroatoms. The van der Waals surface area contributed by atoms with Crippen molar-refractivity contribution in [3.8, 4) is 0 Å². The second kappa shape index (κ2) is 5.80. The minimum Gasteiger partial charge on any atom is -0.346 e. The Morgan fingerprint density at radius 1 is 1.56 bits per heavy atom. The number of thiazole rings is 1. The van der Waals surface area contributed by atoms with Crippen molar-refractivity contribution >= 4 is 22.8 Å². The predicted molar refractivity (Wildman–Crippen MR) is 75.8 cm³/mol. The topological polar surface area (TPSA) is 36.4 Å². The van der Waals surface area contributed by atoms with E-state index >= 15 is 0 Å². The lowest BCUT2D eigenvalue weighted by molar-refractivity contribution is 0.112. The minimum absolute atomic E-state index is 0.600. The second-order valence-electron chi connectivity index (χ2n) is 5.03. The zero-order valence-corrected chi connectivity index (χ0v) is 12.2. The molecule has 1 aliphatic heterocycles. The van der Waals surface area contributed by atoms with Gasteiger partial charge in [-0.25, -0.2) is 4.98 Å². The molecule has 1 aromatic heterocycles. The van der Waals surface area contributed by atoms with Crippen molar-refractivity contribution in [1.82, 2.24) is 9.88 Å². The first-order chi connectivity index (χ1) is 8.65. The first kappa shape index (κ1) is 13.5. The highest BCUT2D eigenvalue weighted by molar-refractivity contribution is 7.17. The van der Waals surface area contributed by atoms with Crippen LogP contribution in [0.4, 0.5) is 5.13 Å². The zero-order valence-electron chi connectivity index (χ0n) is 11.3. The van der Waals surface area contributed by atoms with Gasteiger partial charge in [-0.05, 0) is 26.9 Å². The van der Waals surface area contributed by atoms with E-state index in [0.717, 1.165) is 47.9 Å². The van der Waals surface area contributed by atoms with Crippen LogP contribution in [0.25, 0.3) is 0 Å². The number of carbonyl (C=O) groups excluding carboxylic acids is 1. The van der Waals surface area contributed by atoms with Crippen LogP contribution in [0.2, 0.25) is 0 Å². The molecular weight excluding hydrogens is 246 g/mol. The maximum atomic E-state index is 11.0. The molecule has 18 heavy (non-hydrogen) atoms. The molecule has 0 saturated carbocycles. The molecule has 4 nitrogen and oxygen atoms in total. The first-order valence-corrected chi connectivity index (χ1v) is 7.33. The molecule has 1 aromatic rings. The lowest BCUT2D eigenvalue weighted by atomic mass is 10.2. The van der Waals surface area contributed by atoms with Crippen molar-refractivity contribution in [2.75, 3.05) is 32.1 Å². The van der Waals surface area contributed by atoms with Gasteiger partial charge in [0.05, 0.1) is 10.6 Å². The Morgan fingerprint density at radius 2 is 2.33 bits per heavy atom. The van der Waals surface area contributed by atoms with Crippen molar-refractivity contribution in [2.45, 2.75) is 32.2 Å². The van der Waals surface area contributed by atoms with E-state index in [2.05, 4.69) is 35.8 Å². The van der Waals surface area contributed by atoms with E-state index in [-0.39, 0.29) is 0 Å². The number of aldehydes is 1. The lowest BCUT2D eigenvalue weighted by Gasteiger charge is -2.19. The summed E-state index contributed by atoms with van der Waals surface area (Å²) in [6.45, 7) is 4.18. The molecule has 1 aliphatic rings. The number of aryl methyl sites for hydroxylation is 1. The van der Waals surface area contributed by atoms with Crippen LogP contribution >= 0.6 is 11.3 Å². The summed E-state index contributed by atoms with van der Waals surface area (Å²) in [7, 11) is 4.24. The molecule has 0 spiro atoms. The fraction of sp³-hybridized carbons (Fsp3) is 0.692. The number of hydrogen-bond acceptors (Lipinski definition) is 5. The molecule has 1 atom stereocenters. The first-order valence-electron chi connectivity index (χ1n) is 6.52. The van der Waals surface area contributed by atoms with Crippen LogP contribution in [0.5, 0.6) is 0 Å². The molecule has 100 valence electrons. The molecule has 1 fully saturated rings. The molecule has 0 N–H and O–H groups in total. The fourth-order valence-corrected chi connectivity index (χ4v) is 3.29. The Hall–Kier alpha value is -0.940. The molecule has 0 aromatic carbocycles.